The minimum atomic E-state index is -2.76. The number of hydrogen-bond acceptors (Lipinski definition) is 1. The van der Waals surface area contributed by atoms with E-state index in [0.29, 0.717) is 0 Å². The lowest BCUT2D eigenvalue weighted by Gasteiger charge is -2.34. The van der Waals surface area contributed by atoms with E-state index in [1.807, 2.05) is 11.3 Å². The average molecular weight is 849 g/mol. The van der Waals surface area contributed by atoms with Gasteiger partial charge in [0, 0.05) is 47.4 Å². The number of benzene rings is 10. The van der Waals surface area contributed by atoms with Crippen LogP contribution >= 0.6 is 11.3 Å². The predicted molar refractivity (Wildman–Crippen MR) is 277 cm³/mol. The third-order valence-corrected chi connectivity index (χ3v) is 19.4. The molecule has 13 rings (SSSR count). The van der Waals surface area contributed by atoms with Gasteiger partial charge in [-0.05, 0) is 92.5 Å². The molecule has 0 bridgehead atoms. The van der Waals surface area contributed by atoms with Crippen molar-refractivity contribution in [3.05, 3.63) is 243 Å². The highest BCUT2D eigenvalue weighted by Gasteiger charge is 2.41. The Morgan fingerprint density at radius 1 is 0.297 bits per heavy atom. The molecule has 13 aromatic rings. The summed E-state index contributed by atoms with van der Waals surface area (Å²) in [7, 11) is -2.76. The van der Waals surface area contributed by atoms with Gasteiger partial charge in [0.05, 0.1) is 27.8 Å². The van der Waals surface area contributed by atoms with Crippen LogP contribution in [0.15, 0.2) is 243 Å². The van der Waals surface area contributed by atoms with Gasteiger partial charge in [0.1, 0.15) is 0 Å². The van der Waals surface area contributed by atoms with Gasteiger partial charge in [0.2, 0.25) is 0 Å². The second kappa shape index (κ2) is 14.7. The first-order chi connectivity index (χ1) is 31.8. The van der Waals surface area contributed by atoms with Crippen LogP contribution in [0.3, 0.4) is 0 Å². The summed E-state index contributed by atoms with van der Waals surface area (Å²) in [5, 5.41) is 13.1. The second-order valence-corrected chi connectivity index (χ2v) is 21.7. The third kappa shape index (κ3) is 5.50. The van der Waals surface area contributed by atoms with E-state index in [0.717, 1.165) is 5.69 Å². The zero-order valence-electron chi connectivity index (χ0n) is 34.9. The Kier molecular flexibility index (Phi) is 8.45. The molecule has 0 aliphatic rings. The summed E-state index contributed by atoms with van der Waals surface area (Å²) in [6.07, 6.45) is 0. The number of rotatable bonds is 7. The largest absolute Gasteiger partial charge is 0.309 e. The quantitative estimate of drug-likeness (QED) is 0.112. The topological polar surface area (TPSA) is 9.86 Å². The van der Waals surface area contributed by atoms with E-state index < -0.39 is 8.07 Å². The normalized spacial score (nSPS) is 12.1. The highest BCUT2D eigenvalue weighted by molar-refractivity contribution is 7.25. The van der Waals surface area contributed by atoms with Gasteiger partial charge in [-0.3, -0.25) is 0 Å². The predicted octanol–water partition coefficient (Wildman–Crippen LogP) is 13.3. The summed E-state index contributed by atoms with van der Waals surface area (Å²) < 4.78 is 7.65. The van der Waals surface area contributed by atoms with Crippen molar-refractivity contribution in [2.24, 2.45) is 0 Å². The second-order valence-electron chi connectivity index (χ2n) is 16.8. The van der Waals surface area contributed by atoms with E-state index >= 15 is 0 Å². The van der Waals surface area contributed by atoms with Gasteiger partial charge in [-0.25, -0.2) is 0 Å². The number of nitrogens with zero attached hydrogens (tertiary/aromatic N) is 2. The van der Waals surface area contributed by atoms with Crippen molar-refractivity contribution in [3.8, 4) is 22.5 Å². The fourth-order valence-electron chi connectivity index (χ4n) is 10.7. The summed E-state index contributed by atoms with van der Waals surface area (Å²) >= 11 is 1.87. The molecule has 0 unspecified atom stereocenters. The average Bonchev–Trinajstić information content (AvgIpc) is 4.03. The molecular weight excluding hydrogens is 809 g/mol. The molecule has 64 heavy (non-hydrogen) atoms. The van der Waals surface area contributed by atoms with Crippen LogP contribution in [0, 0.1) is 0 Å². The van der Waals surface area contributed by atoms with Crippen LogP contribution < -0.4 is 20.7 Å². The summed E-state index contributed by atoms with van der Waals surface area (Å²) in [6.45, 7) is 0. The third-order valence-electron chi connectivity index (χ3n) is 13.5. The van der Waals surface area contributed by atoms with Crippen LogP contribution in [0.25, 0.3) is 86.3 Å². The number of aromatic nitrogens is 2. The van der Waals surface area contributed by atoms with E-state index in [2.05, 4.69) is 252 Å². The van der Waals surface area contributed by atoms with Gasteiger partial charge in [-0.15, -0.1) is 11.3 Å². The van der Waals surface area contributed by atoms with Crippen LogP contribution in [0.1, 0.15) is 0 Å². The molecule has 0 spiro atoms. The zero-order chi connectivity index (χ0) is 42.2. The Morgan fingerprint density at radius 3 is 1.53 bits per heavy atom. The van der Waals surface area contributed by atoms with Crippen molar-refractivity contribution >= 4 is 104 Å². The molecule has 300 valence electrons. The Morgan fingerprint density at radius 2 is 0.812 bits per heavy atom. The monoisotopic (exact) mass is 848 g/mol. The smallest absolute Gasteiger partial charge is 0.179 e. The maximum absolute atomic E-state index is 2.76. The van der Waals surface area contributed by atoms with Gasteiger partial charge in [0.15, 0.2) is 8.07 Å². The van der Waals surface area contributed by atoms with Crippen LogP contribution in [-0.4, -0.2) is 17.2 Å². The van der Waals surface area contributed by atoms with Gasteiger partial charge in [-0.1, -0.05) is 182 Å². The first-order valence-corrected chi connectivity index (χ1v) is 24.8. The lowest BCUT2D eigenvalue weighted by molar-refractivity contribution is 1.17. The van der Waals surface area contributed by atoms with Gasteiger partial charge in [0.25, 0.3) is 0 Å². The Labute approximate surface area is 376 Å². The Balaban J connectivity index is 1.03. The van der Waals surface area contributed by atoms with Gasteiger partial charge in [-0.2, -0.15) is 0 Å². The van der Waals surface area contributed by atoms with Crippen LogP contribution in [0.2, 0.25) is 0 Å². The van der Waals surface area contributed by atoms with E-state index in [4.69, 9.17) is 0 Å². The molecule has 0 N–H and O–H groups in total. The molecule has 0 amide bonds. The Hall–Kier alpha value is -7.76. The molecule has 0 radical (unpaired) electrons. The van der Waals surface area contributed by atoms with Crippen LogP contribution in [-0.2, 0) is 0 Å². The zero-order valence-corrected chi connectivity index (χ0v) is 36.7. The minimum absolute atomic E-state index is 1.16. The molecule has 0 saturated heterocycles. The summed E-state index contributed by atoms with van der Waals surface area (Å²) in [5.41, 5.74) is 9.57. The molecule has 3 aromatic heterocycles. The van der Waals surface area contributed by atoms with Crippen molar-refractivity contribution in [2.45, 2.75) is 0 Å². The summed E-state index contributed by atoms with van der Waals surface area (Å²) in [6, 6.07) is 90.5. The van der Waals surface area contributed by atoms with Crippen molar-refractivity contribution in [3.63, 3.8) is 0 Å². The van der Waals surface area contributed by atoms with Crippen molar-refractivity contribution in [2.75, 3.05) is 0 Å². The van der Waals surface area contributed by atoms with Gasteiger partial charge >= 0.3 is 0 Å². The molecule has 0 aliphatic carbocycles. The van der Waals surface area contributed by atoms with Crippen LogP contribution in [0.4, 0.5) is 0 Å². The standard InChI is InChI=1S/C60H40N2SSi/c1-4-19-44(20-5-1)64(45-21-6-2-7-22-45,46-23-8-3-9-24-46)47-25-16-18-43(40-47)61-54-30-14-11-28-51(54)60-56(61)31-17-32-57(60)62-53-29-13-10-26-48(53)52-38-41(35-37-55(52)62)42-34-36-50-49-27-12-15-33-58(49)63-59(50)39-42/h1-40H. The molecule has 0 atom stereocenters. The highest BCUT2D eigenvalue weighted by atomic mass is 32.1. The van der Waals surface area contributed by atoms with E-state index in [-0.39, 0.29) is 0 Å². The summed E-state index contributed by atoms with van der Waals surface area (Å²) in [5.74, 6) is 0. The van der Waals surface area contributed by atoms with Crippen molar-refractivity contribution in [1.82, 2.24) is 9.13 Å². The fraction of sp³-hybridized carbons (Fsp3) is 0. The number of thiophene rings is 1. The summed E-state index contributed by atoms with van der Waals surface area (Å²) in [4.78, 5) is 0. The molecule has 3 heterocycles. The SMILES string of the molecule is c1ccc([Si](c2ccccc2)(c2ccccc2)c2cccc(-n3c4ccccc4c4c(-n5c6ccccc6c6cc(-c7ccc8c(c7)sc7ccccc78)ccc65)cccc43)c2)cc1. The molecule has 0 saturated carbocycles. The van der Waals surface area contributed by atoms with Crippen molar-refractivity contribution in [1.29, 1.82) is 0 Å². The Bertz CT molecular complexity index is 3800. The van der Waals surface area contributed by atoms with E-state index in [9.17, 15) is 0 Å². The molecule has 2 nitrogen and oxygen atoms in total. The lowest BCUT2D eigenvalue weighted by atomic mass is 10.0. The number of fused-ring (bicyclic) bond motifs is 9. The van der Waals surface area contributed by atoms with E-state index in [1.54, 1.807) is 0 Å². The van der Waals surface area contributed by atoms with E-state index in [1.165, 1.54) is 101 Å². The molecule has 4 heteroatoms. The minimum Gasteiger partial charge on any atom is -0.309 e. The van der Waals surface area contributed by atoms with Crippen molar-refractivity contribution < 1.29 is 0 Å². The maximum atomic E-state index is 2.50. The fourth-order valence-corrected chi connectivity index (χ4v) is 16.7. The number of para-hydroxylation sites is 2. The van der Waals surface area contributed by atoms with Gasteiger partial charge < -0.3 is 9.13 Å². The van der Waals surface area contributed by atoms with Crippen LogP contribution in [0.5, 0.6) is 0 Å². The molecule has 0 aliphatic heterocycles. The highest BCUT2D eigenvalue weighted by Crippen LogP contribution is 2.42. The number of hydrogen-bond donors (Lipinski definition) is 0. The molecular formula is C60H40N2SSi. The molecule has 10 aromatic carbocycles. The maximum Gasteiger partial charge on any atom is 0.179 e. The first-order valence-electron chi connectivity index (χ1n) is 22.0. The first kappa shape index (κ1) is 36.9. The lowest BCUT2D eigenvalue weighted by Crippen LogP contribution is -2.74. The molecule has 0 fully saturated rings.